The van der Waals surface area contributed by atoms with Crippen molar-refractivity contribution in [1.29, 1.82) is 0 Å². The Labute approximate surface area is 120 Å². The monoisotopic (exact) mass is 333 g/mol. The molecule has 1 rings (SSSR count). The maximum Gasteiger partial charge on any atom is 0.254 e. The van der Waals surface area contributed by atoms with Crippen LogP contribution in [0.4, 0.5) is 4.39 Å². The zero-order valence-electron chi connectivity index (χ0n) is 10.9. The summed E-state index contributed by atoms with van der Waals surface area (Å²) in [6.45, 7) is 4.81. The lowest BCUT2D eigenvalue weighted by atomic mass is 10.2. The van der Waals surface area contributed by atoms with Gasteiger partial charge in [-0.05, 0) is 32.0 Å². The van der Waals surface area contributed by atoms with Crippen molar-refractivity contribution in [2.24, 2.45) is 0 Å². The van der Waals surface area contributed by atoms with Gasteiger partial charge in [-0.1, -0.05) is 15.9 Å². The molecule has 0 radical (unpaired) electrons. The molecule has 0 aliphatic heterocycles. The van der Waals surface area contributed by atoms with Crippen molar-refractivity contribution in [2.45, 2.75) is 20.1 Å². The molecule has 0 aliphatic carbocycles. The second-order valence-electron chi connectivity index (χ2n) is 3.67. The van der Waals surface area contributed by atoms with E-state index < -0.39 is 18.0 Å². The Balaban J connectivity index is 2.58. The molecule has 1 amide bonds. The largest absolute Gasteiger partial charge is 0.351 e. The van der Waals surface area contributed by atoms with Crippen LogP contribution in [0.25, 0.3) is 0 Å². The number of nitrogens with one attached hydrogen (secondary N) is 1. The van der Waals surface area contributed by atoms with Gasteiger partial charge in [0.25, 0.3) is 5.91 Å². The number of benzene rings is 1. The molecule has 19 heavy (non-hydrogen) atoms. The van der Waals surface area contributed by atoms with E-state index in [1.807, 2.05) is 13.8 Å². The number of amides is 1. The highest BCUT2D eigenvalue weighted by atomic mass is 79.9. The fraction of sp³-hybridized carbons (Fsp3) is 0.462. The summed E-state index contributed by atoms with van der Waals surface area (Å²) in [6.07, 6.45) is -0.516. The smallest absolute Gasteiger partial charge is 0.254 e. The third-order valence-corrected chi connectivity index (χ3v) is 2.80. The van der Waals surface area contributed by atoms with Crippen LogP contribution in [-0.2, 0) is 9.47 Å². The highest BCUT2D eigenvalue weighted by Crippen LogP contribution is 2.15. The summed E-state index contributed by atoms with van der Waals surface area (Å²) in [5.41, 5.74) is -0.00468. The minimum Gasteiger partial charge on any atom is -0.351 e. The molecule has 0 aromatic heterocycles. The van der Waals surface area contributed by atoms with Gasteiger partial charge in [0, 0.05) is 17.7 Å². The standard InChI is InChI=1S/C13H17BrFNO3/c1-3-18-12(19-4-2)8-16-13(17)10-6-5-9(14)7-11(10)15/h5-7,12H,3-4,8H2,1-2H3,(H,16,17). The highest BCUT2D eigenvalue weighted by molar-refractivity contribution is 9.10. The maximum absolute atomic E-state index is 13.6. The molecule has 0 heterocycles. The normalized spacial score (nSPS) is 10.8. The van der Waals surface area contributed by atoms with Gasteiger partial charge >= 0.3 is 0 Å². The number of halogens is 2. The average molecular weight is 334 g/mol. The van der Waals surface area contributed by atoms with Crippen LogP contribution in [0, 0.1) is 5.82 Å². The topological polar surface area (TPSA) is 47.6 Å². The number of rotatable bonds is 7. The van der Waals surface area contributed by atoms with Crippen LogP contribution >= 0.6 is 15.9 Å². The third-order valence-electron chi connectivity index (χ3n) is 2.31. The van der Waals surface area contributed by atoms with Crippen LogP contribution in [0.2, 0.25) is 0 Å². The summed E-state index contributed by atoms with van der Waals surface area (Å²) in [5.74, 6) is -1.06. The fourth-order valence-electron chi connectivity index (χ4n) is 1.48. The number of carbonyl (C=O) groups excluding carboxylic acids is 1. The van der Waals surface area contributed by atoms with Gasteiger partial charge < -0.3 is 14.8 Å². The lowest BCUT2D eigenvalue weighted by Crippen LogP contribution is -2.35. The molecule has 6 heteroatoms. The van der Waals surface area contributed by atoms with Crippen LogP contribution in [0.15, 0.2) is 22.7 Å². The van der Waals surface area contributed by atoms with Gasteiger partial charge in [-0.15, -0.1) is 0 Å². The molecule has 0 spiro atoms. The lowest BCUT2D eigenvalue weighted by molar-refractivity contribution is -0.131. The van der Waals surface area contributed by atoms with Crippen molar-refractivity contribution >= 4 is 21.8 Å². The van der Waals surface area contributed by atoms with E-state index in [9.17, 15) is 9.18 Å². The van der Waals surface area contributed by atoms with E-state index in [0.717, 1.165) is 0 Å². The Bertz CT molecular complexity index is 422. The quantitative estimate of drug-likeness (QED) is 0.780. The summed E-state index contributed by atoms with van der Waals surface area (Å²) >= 11 is 3.14. The average Bonchev–Trinajstić information content (AvgIpc) is 2.36. The van der Waals surface area contributed by atoms with Crippen molar-refractivity contribution in [2.75, 3.05) is 19.8 Å². The lowest BCUT2D eigenvalue weighted by Gasteiger charge is -2.17. The highest BCUT2D eigenvalue weighted by Gasteiger charge is 2.14. The first-order valence-electron chi connectivity index (χ1n) is 6.04. The summed E-state index contributed by atoms with van der Waals surface area (Å²) in [5, 5.41) is 2.58. The van der Waals surface area contributed by atoms with Crippen LogP contribution in [-0.4, -0.2) is 32.0 Å². The zero-order valence-corrected chi connectivity index (χ0v) is 12.5. The van der Waals surface area contributed by atoms with E-state index >= 15 is 0 Å². The number of carbonyl (C=O) groups is 1. The van der Waals surface area contributed by atoms with Gasteiger partial charge in [0.05, 0.1) is 12.1 Å². The second-order valence-corrected chi connectivity index (χ2v) is 4.59. The van der Waals surface area contributed by atoms with Crippen molar-refractivity contribution in [3.05, 3.63) is 34.1 Å². The first-order chi connectivity index (χ1) is 9.08. The van der Waals surface area contributed by atoms with Gasteiger partial charge in [0.2, 0.25) is 0 Å². The van der Waals surface area contributed by atoms with Crippen LogP contribution in [0.3, 0.4) is 0 Å². The number of hydrogen-bond acceptors (Lipinski definition) is 3. The SMILES string of the molecule is CCOC(CNC(=O)c1ccc(Br)cc1F)OCC. The summed E-state index contributed by atoms with van der Waals surface area (Å²) in [4.78, 5) is 11.8. The zero-order chi connectivity index (χ0) is 14.3. The molecule has 0 bridgehead atoms. The van der Waals surface area contributed by atoms with Crippen molar-refractivity contribution in [3.8, 4) is 0 Å². The van der Waals surface area contributed by atoms with E-state index in [1.54, 1.807) is 6.07 Å². The van der Waals surface area contributed by atoms with Crippen LogP contribution in [0.5, 0.6) is 0 Å². The van der Waals surface area contributed by atoms with Crippen LogP contribution < -0.4 is 5.32 Å². The Morgan fingerprint density at radius 1 is 1.37 bits per heavy atom. The summed E-state index contributed by atoms with van der Waals surface area (Å²) in [6, 6.07) is 4.28. The second kappa shape index (κ2) is 8.24. The molecular weight excluding hydrogens is 317 g/mol. The molecule has 0 aliphatic rings. The van der Waals surface area contributed by atoms with E-state index in [-0.39, 0.29) is 12.1 Å². The number of ether oxygens (including phenoxy) is 2. The molecule has 0 atom stereocenters. The van der Waals surface area contributed by atoms with Crippen molar-refractivity contribution < 1.29 is 18.7 Å². The molecule has 106 valence electrons. The molecule has 1 aromatic carbocycles. The van der Waals surface area contributed by atoms with Crippen molar-refractivity contribution in [3.63, 3.8) is 0 Å². The van der Waals surface area contributed by atoms with Crippen molar-refractivity contribution in [1.82, 2.24) is 5.32 Å². The maximum atomic E-state index is 13.6. The molecule has 0 saturated carbocycles. The minimum absolute atomic E-state index is 0.00468. The molecule has 0 unspecified atom stereocenters. The van der Waals surface area contributed by atoms with Gasteiger partial charge in [0.1, 0.15) is 5.82 Å². The molecule has 0 fully saturated rings. The Morgan fingerprint density at radius 3 is 2.53 bits per heavy atom. The first kappa shape index (κ1) is 16.1. The minimum atomic E-state index is -0.573. The fourth-order valence-corrected chi connectivity index (χ4v) is 1.82. The molecule has 0 saturated heterocycles. The van der Waals surface area contributed by atoms with Gasteiger partial charge in [-0.3, -0.25) is 4.79 Å². The molecule has 1 aromatic rings. The van der Waals surface area contributed by atoms with Crippen LogP contribution in [0.1, 0.15) is 24.2 Å². The predicted molar refractivity (Wildman–Crippen MR) is 73.5 cm³/mol. The third kappa shape index (κ3) is 5.26. The summed E-state index contributed by atoms with van der Waals surface area (Å²) in [7, 11) is 0. The first-order valence-corrected chi connectivity index (χ1v) is 6.84. The molecule has 4 nitrogen and oxygen atoms in total. The molecule has 1 N–H and O–H groups in total. The molecular formula is C13H17BrFNO3. The van der Waals surface area contributed by atoms with E-state index in [1.165, 1.54) is 12.1 Å². The van der Waals surface area contributed by atoms with E-state index in [0.29, 0.717) is 17.7 Å². The Morgan fingerprint density at radius 2 is 2.00 bits per heavy atom. The number of hydrogen-bond donors (Lipinski definition) is 1. The summed E-state index contributed by atoms with van der Waals surface area (Å²) < 4.78 is 24.7. The Hall–Kier alpha value is -0.980. The Kier molecular flexibility index (Phi) is 6.97. The van der Waals surface area contributed by atoms with Gasteiger partial charge in [-0.25, -0.2) is 4.39 Å². The van der Waals surface area contributed by atoms with E-state index in [2.05, 4.69) is 21.2 Å². The van der Waals surface area contributed by atoms with Gasteiger partial charge in [0.15, 0.2) is 6.29 Å². The van der Waals surface area contributed by atoms with Gasteiger partial charge in [-0.2, -0.15) is 0 Å². The predicted octanol–water partition coefficient (Wildman–Crippen LogP) is 2.72. The van der Waals surface area contributed by atoms with E-state index in [4.69, 9.17) is 9.47 Å².